The number of hydrogen-bond acceptors (Lipinski definition) is 6. The molecule has 0 aliphatic heterocycles. The van der Waals surface area contributed by atoms with Gasteiger partial charge in [0.05, 0.1) is 31.5 Å². The molecule has 0 saturated heterocycles. The number of urea groups is 1. The third kappa shape index (κ3) is 6.83. The molecular weight excluding hydrogens is 352 g/mol. The highest BCUT2D eigenvalue weighted by Gasteiger charge is 2.13. The lowest BCUT2D eigenvalue weighted by molar-refractivity contribution is -0.118. The number of carbonyl (C=O) groups excluding carboxylic acids is 3. The zero-order valence-electron chi connectivity index (χ0n) is 14.9. The predicted octanol–water partition coefficient (Wildman–Crippen LogP) is 1.09. The number of hydrogen-bond donors (Lipinski definition) is 4. The van der Waals surface area contributed by atoms with Gasteiger partial charge in [-0.1, -0.05) is 12.1 Å². The minimum Gasteiger partial charge on any atom is -0.467 e. The molecule has 2 aromatic rings. The second-order valence-corrected chi connectivity index (χ2v) is 5.46. The van der Waals surface area contributed by atoms with Gasteiger partial charge in [-0.25, -0.2) is 4.79 Å². The zero-order chi connectivity index (χ0) is 19.5. The molecule has 0 radical (unpaired) electrons. The number of rotatable bonds is 9. The summed E-state index contributed by atoms with van der Waals surface area (Å²) in [6.07, 6.45) is 1.53. The number of nitrogens with one attached hydrogen (secondary N) is 4. The van der Waals surface area contributed by atoms with Crippen LogP contribution in [0.25, 0.3) is 0 Å². The Kier molecular flexibility index (Phi) is 7.86. The van der Waals surface area contributed by atoms with Gasteiger partial charge in [0, 0.05) is 19.3 Å². The molecule has 0 saturated carbocycles. The molecule has 0 aliphatic rings. The van der Waals surface area contributed by atoms with Crippen LogP contribution in [0.5, 0.6) is 0 Å². The Bertz CT molecular complexity index is 761. The molecule has 0 spiro atoms. The molecule has 144 valence electrons. The van der Waals surface area contributed by atoms with Crippen LogP contribution in [0.2, 0.25) is 0 Å². The van der Waals surface area contributed by atoms with E-state index >= 15 is 0 Å². The predicted molar refractivity (Wildman–Crippen MR) is 98.2 cm³/mol. The third-order valence-electron chi connectivity index (χ3n) is 3.46. The molecule has 9 heteroatoms. The summed E-state index contributed by atoms with van der Waals surface area (Å²) in [4.78, 5) is 35.7. The second-order valence-electron chi connectivity index (χ2n) is 5.46. The van der Waals surface area contributed by atoms with Gasteiger partial charge < -0.3 is 25.1 Å². The monoisotopic (exact) mass is 374 g/mol. The van der Waals surface area contributed by atoms with Crippen LogP contribution in [0, 0.1) is 0 Å². The Labute approximate surface area is 156 Å². The van der Waals surface area contributed by atoms with Crippen LogP contribution < -0.4 is 21.3 Å². The van der Waals surface area contributed by atoms with Crippen LogP contribution in [0.15, 0.2) is 47.1 Å². The van der Waals surface area contributed by atoms with Crippen LogP contribution in [-0.2, 0) is 16.1 Å². The van der Waals surface area contributed by atoms with Crippen molar-refractivity contribution >= 4 is 23.5 Å². The topological polar surface area (TPSA) is 122 Å². The van der Waals surface area contributed by atoms with Crippen molar-refractivity contribution in [2.24, 2.45) is 0 Å². The Morgan fingerprint density at radius 3 is 2.63 bits per heavy atom. The summed E-state index contributed by atoms with van der Waals surface area (Å²) in [6, 6.07) is 9.65. The fraction of sp³-hybridized carbons (Fsp3) is 0.278. The van der Waals surface area contributed by atoms with E-state index in [2.05, 4.69) is 21.3 Å². The van der Waals surface area contributed by atoms with Crippen molar-refractivity contribution < 1.29 is 23.5 Å². The van der Waals surface area contributed by atoms with Crippen LogP contribution >= 0.6 is 0 Å². The summed E-state index contributed by atoms with van der Waals surface area (Å²) in [7, 11) is 1.51. The van der Waals surface area contributed by atoms with Gasteiger partial charge in [-0.15, -0.1) is 0 Å². The Hall–Kier alpha value is -3.33. The lowest BCUT2D eigenvalue weighted by Crippen LogP contribution is -2.43. The highest BCUT2D eigenvalue weighted by atomic mass is 16.5. The van der Waals surface area contributed by atoms with Crippen molar-refractivity contribution in [3.05, 3.63) is 54.0 Å². The van der Waals surface area contributed by atoms with E-state index in [9.17, 15) is 14.4 Å². The number of anilines is 1. The standard InChI is InChI=1S/C18H22N4O5/c1-26-10-8-19-18(25)22-16(23)12-20-15-7-3-2-6-14(15)17(24)21-11-13-5-4-9-27-13/h2-7,9,20H,8,10-12H2,1H3,(H,21,24)(H2,19,22,23,25). The van der Waals surface area contributed by atoms with E-state index in [0.29, 0.717) is 30.2 Å². The molecule has 9 nitrogen and oxygen atoms in total. The average Bonchev–Trinajstić information content (AvgIpc) is 3.18. The molecule has 27 heavy (non-hydrogen) atoms. The molecule has 4 N–H and O–H groups in total. The molecule has 1 heterocycles. The number of ether oxygens (including phenoxy) is 1. The van der Waals surface area contributed by atoms with Crippen molar-refractivity contribution in [2.75, 3.05) is 32.1 Å². The number of carbonyl (C=O) groups is 3. The van der Waals surface area contributed by atoms with Crippen molar-refractivity contribution in [3.8, 4) is 0 Å². The van der Waals surface area contributed by atoms with Crippen molar-refractivity contribution in [2.45, 2.75) is 6.54 Å². The van der Waals surface area contributed by atoms with Crippen LogP contribution in [0.3, 0.4) is 0 Å². The Balaban J connectivity index is 1.84. The number of imide groups is 1. The summed E-state index contributed by atoms with van der Waals surface area (Å²) >= 11 is 0. The molecule has 0 bridgehead atoms. The first-order valence-corrected chi connectivity index (χ1v) is 8.30. The molecule has 0 fully saturated rings. The minimum atomic E-state index is -0.608. The Morgan fingerprint density at radius 1 is 1.07 bits per heavy atom. The summed E-state index contributed by atoms with van der Waals surface area (Å²) < 4.78 is 9.97. The maximum Gasteiger partial charge on any atom is 0.321 e. The zero-order valence-corrected chi connectivity index (χ0v) is 14.9. The molecule has 0 atom stereocenters. The van der Waals surface area contributed by atoms with E-state index in [1.807, 2.05) is 0 Å². The maximum absolute atomic E-state index is 12.4. The molecule has 2 rings (SSSR count). The summed E-state index contributed by atoms with van der Waals surface area (Å²) in [6.45, 7) is 0.727. The Morgan fingerprint density at radius 2 is 1.89 bits per heavy atom. The van der Waals surface area contributed by atoms with Gasteiger partial charge in [0.1, 0.15) is 5.76 Å². The largest absolute Gasteiger partial charge is 0.467 e. The normalized spacial score (nSPS) is 10.1. The van der Waals surface area contributed by atoms with Gasteiger partial charge in [-0.3, -0.25) is 14.9 Å². The number of benzene rings is 1. The lowest BCUT2D eigenvalue weighted by Gasteiger charge is -2.12. The number of amides is 4. The molecule has 1 aromatic carbocycles. The van der Waals surface area contributed by atoms with E-state index in [0.717, 1.165) is 0 Å². The highest BCUT2D eigenvalue weighted by Crippen LogP contribution is 2.14. The lowest BCUT2D eigenvalue weighted by atomic mass is 10.1. The van der Waals surface area contributed by atoms with Gasteiger partial charge in [0.15, 0.2) is 0 Å². The van der Waals surface area contributed by atoms with Crippen LogP contribution in [0.1, 0.15) is 16.1 Å². The van der Waals surface area contributed by atoms with Gasteiger partial charge in [0.2, 0.25) is 5.91 Å². The van der Waals surface area contributed by atoms with Gasteiger partial charge in [-0.05, 0) is 24.3 Å². The number of para-hydroxylation sites is 1. The van der Waals surface area contributed by atoms with Crippen LogP contribution in [0.4, 0.5) is 10.5 Å². The third-order valence-corrected chi connectivity index (χ3v) is 3.46. The average molecular weight is 374 g/mol. The van der Waals surface area contributed by atoms with Crippen molar-refractivity contribution in [3.63, 3.8) is 0 Å². The van der Waals surface area contributed by atoms with Crippen molar-refractivity contribution in [1.29, 1.82) is 0 Å². The summed E-state index contributed by atoms with van der Waals surface area (Å²) in [5.41, 5.74) is 0.853. The summed E-state index contributed by atoms with van der Waals surface area (Å²) in [5, 5.41) is 10.3. The fourth-order valence-electron chi connectivity index (χ4n) is 2.17. The minimum absolute atomic E-state index is 0.166. The van der Waals surface area contributed by atoms with E-state index < -0.39 is 11.9 Å². The molecule has 0 aliphatic carbocycles. The molecule has 4 amide bonds. The summed E-state index contributed by atoms with van der Waals surface area (Å²) in [5.74, 6) is -0.212. The highest BCUT2D eigenvalue weighted by molar-refractivity contribution is 6.01. The number of methoxy groups -OCH3 is 1. The van der Waals surface area contributed by atoms with E-state index in [1.165, 1.54) is 13.4 Å². The van der Waals surface area contributed by atoms with Gasteiger partial charge in [-0.2, -0.15) is 0 Å². The van der Waals surface area contributed by atoms with Crippen LogP contribution in [-0.4, -0.2) is 44.7 Å². The molecule has 0 unspecified atom stereocenters. The van der Waals surface area contributed by atoms with Gasteiger partial charge >= 0.3 is 6.03 Å². The number of furan rings is 1. The fourth-order valence-corrected chi connectivity index (χ4v) is 2.17. The first-order valence-electron chi connectivity index (χ1n) is 8.30. The van der Waals surface area contributed by atoms with E-state index in [1.54, 1.807) is 36.4 Å². The second kappa shape index (κ2) is 10.6. The van der Waals surface area contributed by atoms with E-state index in [-0.39, 0.29) is 19.0 Å². The first-order chi connectivity index (χ1) is 13.1. The smallest absolute Gasteiger partial charge is 0.321 e. The first kappa shape index (κ1) is 20.0. The van der Waals surface area contributed by atoms with Gasteiger partial charge in [0.25, 0.3) is 5.91 Å². The maximum atomic E-state index is 12.4. The van der Waals surface area contributed by atoms with E-state index in [4.69, 9.17) is 9.15 Å². The SMILES string of the molecule is COCCNC(=O)NC(=O)CNc1ccccc1C(=O)NCc1ccco1. The van der Waals surface area contributed by atoms with Crippen molar-refractivity contribution in [1.82, 2.24) is 16.0 Å². The quantitative estimate of drug-likeness (QED) is 0.488. The molecular formula is C18H22N4O5. The molecule has 1 aromatic heterocycles.